The number of aliphatic hydroxyl groups is 2. The van der Waals surface area contributed by atoms with Gasteiger partial charge in [0.2, 0.25) is 5.91 Å². The topological polar surface area (TPSA) is 133 Å². The second kappa shape index (κ2) is 7.68. The minimum absolute atomic E-state index is 0.0766. The van der Waals surface area contributed by atoms with Crippen LogP contribution in [-0.2, 0) is 9.59 Å². The lowest BCUT2D eigenvalue weighted by Gasteiger charge is -2.25. The van der Waals surface area contributed by atoms with Crippen LogP contribution in [0.15, 0.2) is 0 Å². The number of hydrogen-bond acceptors (Lipinski definition) is 6. The lowest BCUT2D eigenvalue weighted by atomic mass is 10.1. The number of nitrogens with one attached hydrogen (secondary N) is 1. The minimum atomic E-state index is -1.69. The third-order valence-electron chi connectivity index (χ3n) is 2.02. The zero-order valence-corrected chi connectivity index (χ0v) is 12.1. The molecule has 8 heteroatoms. The Bertz CT molecular complexity index is 317. The summed E-state index contributed by atoms with van der Waals surface area (Å²) in [5, 5.41) is 28.3. The van der Waals surface area contributed by atoms with Crippen molar-refractivity contribution in [3.63, 3.8) is 0 Å². The summed E-state index contributed by atoms with van der Waals surface area (Å²) in [6.07, 6.45) is -2.04. The van der Waals surface area contributed by atoms with E-state index < -0.39 is 35.0 Å². The third-order valence-corrected chi connectivity index (χ3v) is 3.38. The van der Waals surface area contributed by atoms with Gasteiger partial charge >= 0.3 is 5.97 Å². The first-order chi connectivity index (χ1) is 8.53. The molecule has 0 aliphatic heterocycles. The first kappa shape index (κ1) is 18.2. The van der Waals surface area contributed by atoms with Crippen molar-refractivity contribution in [3.8, 4) is 0 Å². The van der Waals surface area contributed by atoms with Crippen molar-refractivity contribution in [3.05, 3.63) is 0 Å². The van der Waals surface area contributed by atoms with E-state index in [0.29, 0.717) is 0 Å². The number of aliphatic carboxylic acids is 1. The van der Waals surface area contributed by atoms with E-state index in [4.69, 9.17) is 21.1 Å². The van der Waals surface area contributed by atoms with E-state index in [2.05, 4.69) is 5.32 Å². The van der Waals surface area contributed by atoms with E-state index in [1.165, 1.54) is 0 Å². The normalized spacial score (nSPS) is 15.1. The van der Waals surface area contributed by atoms with E-state index in [0.717, 1.165) is 11.8 Å². The van der Waals surface area contributed by atoms with Crippen LogP contribution in [0.4, 0.5) is 0 Å². The number of carboxylic acids is 1. The molecule has 0 heterocycles. The molecule has 2 unspecified atom stereocenters. The number of carbonyl (C=O) groups excluding carboxylic acids is 1. The fourth-order valence-corrected chi connectivity index (χ4v) is 2.25. The average Bonchev–Trinajstić information content (AvgIpc) is 2.20. The van der Waals surface area contributed by atoms with Gasteiger partial charge in [0.1, 0.15) is 0 Å². The molecule has 19 heavy (non-hydrogen) atoms. The molecule has 0 saturated carbocycles. The van der Waals surface area contributed by atoms with E-state index in [1.54, 1.807) is 20.8 Å². The van der Waals surface area contributed by atoms with Gasteiger partial charge < -0.3 is 26.4 Å². The molecule has 0 radical (unpaired) electrons. The first-order valence-electron chi connectivity index (χ1n) is 5.80. The fourth-order valence-electron chi connectivity index (χ4n) is 1.15. The van der Waals surface area contributed by atoms with Gasteiger partial charge in [-0.15, -0.1) is 11.8 Å². The molecule has 0 spiro atoms. The summed E-state index contributed by atoms with van der Waals surface area (Å²) in [5.74, 6) is -1.42. The van der Waals surface area contributed by atoms with Gasteiger partial charge in [0.05, 0.1) is 17.7 Å². The summed E-state index contributed by atoms with van der Waals surface area (Å²) in [6.45, 7) is 5.36. The van der Waals surface area contributed by atoms with Crippen molar-refractivity contribution in [2.45, 2.75) is 50.3 Å². The molecule has 0 fully saturated rings. The third kappa shape index (κ3) is 8.82. The number of rotatable bonds is 7. The molecular formula is C11H22N2O5S. The second-order valence-electron chi connectivity index (χ2n) is 5.24. The van der Waals surface area contributed by atoms with Crippen LogP contribution in [-0.4, -0.2) is 56.1 Å². The average molecular weight is 294 g/mol. The Labute approximate surface area is 116 Å². The Hall–Kier alpha value is -0.830. The maximum absolute atomic E-state index is 11.9. The molecule has 1 amide bonds. The van der Waals surface area contributed by atoms with E-state index in [1.807, 2.05) is 0 Å². The Morgan fingerprint density at radius 1 is 1.32 bits per heavy atom. The SMILES string of the molecule is CC(C)(C)NC(=O)C(CC(=O)O)SCC(N)C(O)O. The minimum Gasteiger partial charge on any atom is -0.481 e. The lowest BCUT2D eigenvalue weighted by molar-refractivity contribution is -0.138. The van der Waals surface area contributed by atoms with Crippen LogP contribution in [0.2, 0.25) is 0 Å². The standard InChI is InChI=1S/C11H22N2O5S/c1-11(2,3)13-9(16)7(4-8(14)15)19-5-6(12)10(17)18/h6-7,10,17-18H,4-5,12H2,1-3H3,(H,13,16)(H,14,15). The van der Waals surface area contributed by atoms with Crippen molar-refractivity contribution in [2.75, 3.05) is 5.75 Å². The predicted molar refractivity (Wildman–Crippen MR) is 72.6 cm³/mol. The highest BCUT2D eigenvalue weighted by Gasteiger charge is 2.26. The Balaban J connectivity index is 4.54. The molecule has 0 bridgehead atoms. The molecular weight excluding hydrogens is 272 g/mol. The largest absolute Gasteiger partial charge is 0.481 e. The molecule has 2 atom stereocenters. The summed E-state index contributed by atoms with van der Waals surface area (Å²) in [6, 6.07) is -0.927. The summed E-state index contributed by atoms with van der Waals surface area (Å²) in [7, 11) is 0. The van der Waals surface area contributed by atoms with Crippen LogP contribution in [0, 0.1) is 0 Å². The molecule has 6 N–H and O–H groups in total. The lowest BCUT2D eigenvalue weighted by Crippen LogP contribution is -2.46. The van der Waals surface area contributed by atoms with Crippen molar-refractivity contribution in [2.24, 2.45) is 5.73 Å². The van der Waals surface area contributed by atoms with Crippen LogP contribution in [0.25, 0.3) is 0 Å². The smallest absolute Gasteiger partial charge is 0.305 e. The predicted octanol–water partition coefficient (Wildman–Crippen LogP) is -0.884. The summed E-state index contributed by atoms with van der Waals surface area (Å²) < 4.78 is 0. The van der Waals surface area contributed by atoms with Crippen molar-refractivity contribution in [1.82, 2.24) is 5.32 Å². The highest BCUT2D eigenvalue weighted by Crippen LogP contribution is 2.18. The zero-order chi connectivity index (χ0) is 15.2. The van der Waals surface area contributed by atoms with E-state index in [9.17, 15) is 9.59 Å². The molecule has 0 saturated heterocycles. The molecule has 7 nitrogen and oxygen atoms in total. The van der Waals surface area contributed by atoms with Crippen molar-refractivity contribution >= 4 is 23.6 Å². The van der Waals surface area contributed by atoms with Gasteiger partial charge in [0, 0.05) is 11.3 Å². The number of amides is 1. The number of nitrogens with two attached hydrogens (primary N) is 1. The van der Waals surface area contributed by atoms with Gasteiger partial charge in [0.15, 0.2) is 6.29 Å². The van der Waals surface area contributed by atoms with Crippen LogP contribution >= 0.6 is 11.8 Å². The molecule has 0 aromatic rings. The number of hydrogen-bond donors (Lipinski definition) is 5. The number of thioether (sulfide) groups is 1. The first-order valence-corrected chi connectivity index (χ1v) is 6.85. The highest BCUT2D eigenvalue weighted by molar-refractivity contribution is 8.00. The fraction of sp³-hybridized carbons (Fsp3) is 0.818. The van der Waals surface area contributed by atoms with Crippen molar-refractivity contribution < 1.29 is 24.9 Å². The molecule has 0 rings (SSSR count). The molecule has 0 aliphatic rings. The number of carboxylic acid groups (broad SMARTS) is 1. The monoisotopic (exact) mass is 294 g/mol. The maximum Gasteiger partial charge on any atom is 0.305 e. The van der Waals surface area contributed by atoms with Gasteiger partial charge in [-0.3, -0.25) is 9.59 Å². The molecule has 0 aromatic heterocycles. The Morgan fingerprint density at radius 2 is 1.84 bits per heavy atom. The Kier molecular flexibility index (Phi) is 7.35. The van der Waals surface area contributed by atoms with E-state index in [-0.39, 0.29) is 12.2 Å². The second-order valence-corrected chi connectivity index (χ2v) is 6.47. The zero-order valence-electron chi connectivity index (χ0n) is 11.3. The number of carbonyl (C=O) groups is 2. The van der Waals surface area contributed by atoms with Crippen LogP contribution in [0.3, 0.4) is 0 Å². The van der Waals surface area contributed by atoms with Crippen LogP contribution < -0.4 is 11.1 Å². The van der Waals surface area contributed by atoms with Gasteiger partial charge in [-0.1, -0.05) is 0 Å². The highest BCUT2D eigenvalue weighted by atomic mass is 32.2. The Morgan fingerprint density at radius 3 is 2.21 bits per heavy atom. The van der Waals surface area contributed by atoms with Gasteiger partial charge in [-0.2, -0.15) is 0 Å². The molecule has 0 aromatic carbocycles. The van der Waals surface area contributed by atoms with Gasteiger partial charge in [0.25, 0.3) is 0 Å². The summed E-state index contributed by atoms with van der Waals surface area (Å²) in [5.41, 5.74) is 4.96. The van der Waals surface area contributed by atoms with E-state index >= 15 is 0 Å². The van der Waals surface area contributed by atoms with Crippen molar-refractivity contribution in [1.29, 1.82) is 0 Å². The number of aliphatic hydroxyl groups excluding tert-OH is 1. The quantitative estimate of drug-likeness (QED) is 0.385. The molecule has 112 valence electrons. The summed E-state index contributed by atoms with van der Waals surface area (Å²) >= 11 is 0.997. The maximum atomic E-state index is 11.9. The van der Waals surface area contributed by atoms with Crippen LogP contribution in [0.1, 0.15) is 27.2 Å². The van der Waals surface area contributed by atoms with Gasteiger partial charge in [-0.25, -0.2) is 0 Å². The van der Waals surface area contributed by atoms with Crippen LogP contribution in [0.5, 0.6) is 0 Å². The summed E-state index contributed by atoms with van der Waals surface area (Å²) in [4.78, 5) is 22.7. The van der Waals surface area contributed by atoms with Gasteiger partial charge in [-0.05, 0) is 20.8 Å². The molecule has 0 aliphatic carbocycles.